The Kier molecular flexibility index (Phi) is 5.60. The maximum absolute atomic E-state index is 12.4. The van der Waals surface area contributed by atoms with Crippen LogP contribution in [0.15, 0.2) is 48.7 Å². The summed E-state index contributed by atoms with van der Waals surface area (Å²) in [5.41, 5.74) is 1.04. The van der Waals surface area contributed by atoms with E-state index in [1.165, 1.54) is 18.2 Å². The Morgan fingerprint density at radius 2 is 2.04 bits per heavy atom. The number of non-ortho nitro benzene ring substituents is 1. The van der Waals surface area contributed by atoms with Crippen LogP contribution in [0.5, 0.6) is 11.5 Å². The number of aromatic nitrogens is 2. The first kappa shape index (κ1) is 19.4. The molecule has 1 heterocycles. The van der Waals surface area contributed by atoms with Gasteiger partial charge in [0.15, 0.2) is 5.69 Å². The molecule has 144 valence electrons. The second kappa shape index (κ2) is 8.10. The fourth-order valence-corrected chi connectivity index (χ4v) is 2.61. The first-order valence-electron chi connectivity index (χ1n) is 8.44. The first-order valence-corrected chi connectivity index (χ1v) is 8.82. The third-order valence-electron chi connectivity index (χ3n) is 3.92. The van der Waals surface area contributed by atoms with Gasteiger partial charge in [-0.15, -0.1) is 0 Å². The molecule has 0 aliphatic rings. The van der Waals surface area contributed by atoms with Crippen LogP contribution in [0.1, 0.15) is 23.0 Å². The molecule has 0 bridgehead atoms. The van der Waals surface area contributed by atoms with Crippen molar-refractivity contribution in [1.82, 2.24) is 9.78 Å². The van der Waals surface area contributed by atoms with E-state index >= 15 is 0 Å². The van der Waals surface area contributed by atoms with Crippen molar-refractivity contribution < 1.29 is 14.5 Å². The maximum Gasteiger partial charge on any atom is 0.276 e. The molecule has 9 heteroatoms. The summed E-state index contributed by atoms with van der Waals surface area (Å²) in [7, 11) is 0. The number of anilines is 1. The molecule has 0 saturated heterocycles. The second-order valence-electron chi connectivity index (χ2n) is 6.00. The number of nitro groups is 1. The van der Waals surface area contributed by atoms with E-state index in [0.717, 1.165) is 5.56 Å². The molecular weight excluding hydrogens is 384 g/mol. The molecule has 3 rings (SSSR count). The molecule has 28 heavy (non-hydrogen) atoms. The predicted molar refractivity (Wildman–Crippen MR) is 105 cm³/mol. The van der Waals surface area contributed by atoms with Crippen LogP contribution in [0.2, 0.25) is 5.02 Å². The fraction of sp³-hybridized carbons (Fsp3) is 0.158. The van der Waals surface area contributed by atoms with Crippen LogP contribution < -0.4 is 10.1 Å². The number of rotatable bonds is 6. The summed E-state index contributed by atoms with van der Waals surface area (Å²) in [5, 5.41) is 18.6. The van der Waals surface area contributed by atoms with Crippen molar-refractivity contribution in [3.63, 3.8) is 0 Å². The Bertz CT molecular complexity index is 1050. The van der Waals surface area contributed by atoms with Crippen LogP contribution in [-0.2, 0) is 6.54 Å². The lowest BCUT2D eigenvalue weighted by molar-refractivity contribution is -0.384. The number of ether oxygens (including phenoxy) is 1. The minimum Gasteiger partial charge on any atom is -0.457 e. The number of nitro benzene ring substituents is 1. The monoisotopic (exact) mass is 400 g/mol. The normalized spacial score (nSPS) is 10.5. The van der Waals surface area contributed by atoms with Crippen LogP contribution in [0, 0.1) is 17.0 Å². The number of aryl methyl sites for hydroxylation is 2. The number of halogens is 1. The van der Waals surface area contributed by atoms with Gasteiger partial charge in [0.25, 0.3) is 11.6 Å². The summed E-state index contributed by atoms with van der Waals surface area (Å²) in [6.45, 7) is 4.35. The number of amides is 1. The molecule has 0 radical (unpaired) electrons. The van der Waals surface area contributed by atoms with Crippen LogP contribution in [0.4, 0.5) is 11.4 Å². The summed E-state index contributed by atoms with van der Waals surface area (Å²) >= 11 is 6.00. The number of hydrogen-bond donors (Lipinski definition) is 1. The summed E-state index contributed by atoms with van der Waals surface area (Å²) in [6.07, 6.45) is 1.68. The lowest BCUT2D eigenvalue weighted by Gasteiger charge is -2.10. The zero-order valence-corrected chi connectivity index (χ0v) is 15.9. The zero-order valence-electron chi connectivity index (χ0n) is 15.2. The van der Waals surface area contributed by atoms with Gasteiger partial charge in [-0.3, -0.25) is 19.6 Å². The van der Waals surface area contributed by atoms with Crippen molar-refractivity contribution in [3.05, 3.63) is 75.1 Å². The quantitative estimate of drug-likeness (QED) is 0.472. The number of hydrogen-bond acceptors (Lipinski definition) is 5. The Morgan fingerprint density at radius 1 is 1.25 bits per heavy atom. The molecule has 3 aromatic rings. The van der Waals surface area contributed by atoms with Crippen molar-refractivity contribution >= 4 is 28.9 Å². The highest BCUT2D eigenvalue weighted by Gasteiger charge is 2.15. The summed E-state index contributed by atoms with van der Waals surface area (Å²) in [4.78, 5) is 23.1. The van der Waals surface area contributed by atoms with Gasteiger partial charge in [0.1, 0.15) is 11.5 Å². The minimum atomic E-state index is -0.554. The lowest BCUT2D eigenvalue weighted by atomic mass is 10.2. The maximum atomic E-state index is 12.4. The molecule has 0 spiro atoms. The Balaban J connectivity index is 1.87. The van der Waals surface area contributed by atoms with E-state index in [2.05, 4.69) is 10.4 Å². The van der Waals surface area contributed by atoms with E-state index in [1.807, 2.05) is 13.8 Å². The average molecular weight is 401 g/mol. The Morgan fingerprint density at radius 3 is 2.68 bits per heavy atom. The summed E-state index contributed by atoms with van der Waals surface area (Å²) in [6, 6.07) is 10.7. The highest BCUT2D eigenvalue weighted by Crippen LogP contribution is 2.31. The Hall–Kier alpha value is -3.39. The average Bonchev–Trinajstić information content (AvgIpc) is 3.14. The number of nitrogens with one attached hydrogen (secondary N) is 1. The first-order chi connectivity index (χ1) is 13.4. The van der Waals surface area contributed by atoms with Gasteiger partial charge >= 0.3 is 0 Å². The smallest absolute Gasteiger partial charge is 0.276 e. The van der Waals surface area contributed by atoms with Crippen LogP contribution in [-0.4, -0.2) is 20.6 Å². The van der Waals surface area contributed by atoms with Crippen molar-refractivity contribution in [1.29, 1.82) is 0 Å². The van der Waals surface area contributed by atoms with E-state index in [1.54, 1.807) is 35.1 Å². The molecule has 1 aromatic heterocycles. The minimum absolute atomic E-state index is 0.211. The third kappa shape index (κ3) is 4.47. The van der Waals surface area contributed by atoms with Crippen molar-refractivity contribution in [3.8, 4) is 11.5 Å². The summed E-state index contributed by atoms with van der Waals surface area (Å²) < 4.78 is 7.33. The molecule has 1 N–H and O–H groups in total. The van der Waals surface area contributed by atoms with Gasteiger partial charge in [-0.2, -0.15) is 5.10 Å². The van der Waals surface area contributed by atoms with E-state index in [-0.39, 0.29) is 22.8 Å². The molecule has 1 amide bonds. The van der Waals surface area contributed by atoms with E-state index in [0.29, 0.717) is 17.3 Å². The molecule has 0 fully saturated rings. The number of carbonyl (C=O) groups excluding carboxylic acids is 1. The number of nitrogens with zero attached hydrogens (tertiary/aromatic N) is 3. The zero-order chi connectivity index (χ0) is 20.3. The second-order valence-corrected chi connectivity index (χ2v) is 6.40. The summed E-state index contributed by atoms with van der Waals surface area (Å²) in [5.74, 6) is 0.215. The molecular formula is C19H17ClN4O4. The molecule has 0 atom stereocenters. The van der Waals surface area contributed by atoms with Gasteiger partial charge in [-0.05, 0) is 43.7 Å². The molecule has 0 unspecified atom stereocenters. The Labute approximate surface area is 165 Å². The van der Waals surface area contributed by atoms with Gasteiger partial charge in [0.05, 0.1) is 16.7 Å². The molecule has 0 aliphatic carbocycles. The largest absolute Gasteiger partial charge is 0.457 e. The number of carbonyl (C=O) groups is 1. The van der Waals surface area contributed by atoms with Crippen LogP contribution in [0.3, 0.4) is 0 Å². The van der Waals surface area contributed by atoms with Crippen molar-refractivity contribution in [2.75, 3.05) is 5.32 Å². The van der Waals surface area contributed by atoms with Gasteiger partial charge in [-0.25, -0.2) is 0 Å². The fourth-order valence-electron chi connectivity index (χ4n) is 2.49. The third-order valence-corrected chi connectivity index (χ3v) is 4.35. The SMILES string of the molecule is CCn1ccc(C(=O)Nc2cc(Oc3ccc(Cl)c(C)c3)cc([N+](=O)[O-])c2)n1. The van der Waals surface area contributed by atoms with Crippen LogP contribution in [0.25, 0.3) is 0 Å². The number of benzene rings is 2. The van der Waals surface area contributed by atoms with E-state index < -0.39 is 10.8 Å². The van der Waals surface area contributed by atoms with Gasteiger partial charge in [0.2, 0.25) is 0 Å². The lowest BCUT2D eigenvalue weighted by Crippen LogP contribution is -2.13. The highest BCUT2D eigenvalue weighted by atomic mass is 35.5. The van der Waals surface area contributed by atoms with Gasteiger partial charge in [-0.1, -0.05) is 11.6 Å². The van der Waals surface area contributed by atoms with Crippen molar-refractivity contribution in [2.24, 2.45) is 0 Å². The van der Waals surface area contributed by atoms with Crippen molar-refractivity contribution in [2.45, 2.75) is 20.4 Å². The molecule has 8 nitrogen and oxygen atoms in total. The highest BCUT2D eigenvalue weighted by molar-refractivity contribution is 6.31. The van der Waals surface area contributed by atoms with Gasteiger partial charge in [0, 0.05) is 29.9 Å². The molecule has 0 aliphatic heterocycles. The molecule has 2 aromatic carbocycles. The molecule has 0 saturated carbocycles. The van der Waals surface area contributed by atoms with E-state index in [9.17, 15) is 14.9 Å². The van der Waals surface area contributed by atoms with Gasteiger partial charge < -0.3 is 10.1 Å². The van der Waals surface area contributed by atoms with E-state index in [4.69, 9.17) is 16.3 Å². The topological polar surface area (TPSA) is 99.3 Å². The standard InChI is InChI=1S/C19H17ClN4O4/c1-3-23-7-6-18(22-23)19(25)21-13-9-14(24(26)27)11-16(10-13)28-15-4-5-17(20)12(2)8-15/h4-11H,3H2,1-2H3,(H,21,25). The van der Waals surface area contributed by atoms with Crippen LogP contribution >= 0.6 is 11.6 Å². The predicted octanol–water partition coefficient (Wildman–Crippen LogP) is 4.82.